The maximum Gasteiger partial charge on any atom is 0.222 e. The van der Waals surface area contributed by atoms with E-state index in [9.17, 15) is 9.59 Å². The predicted molar refractivity (Wildman–Crippen MR) is 110 cm³/mol. The predicted octanol–water partition coefficient (Wildman–Crippen LogP) is 4.25. The van der Waals surface area contributed by atoms with Gasteiger partial charge in [-0.15, -0.1) is 11.3 Å². The molecule has 27 heavy (non-hydrogen) atoms. The Kier molecular flexibility index (Phi) is 6.00. The van der Waals surface area contributed by atoms with Crippen molar-refractivity contribution < 1.29 is 9.59 Å². The second-order valence-corrected chi connectivity index (χ2v) is 8.67. The zero-order valence-electron chi connectivity index (χ0n) is 16.3. The van der Waals surface area contributed by atoms with Crippen LogP contribution in [-0.2, 0) is 16.0 Å². The van der Waals surface area contributed by atoms with Gasteiger partial charge in [-0.1, -0.05) is 35.9 Å². The highest BCUT2D eigenvalue weighted by molar-refractivity contribution is 7.10. The standard InChI is InChI=1S/C22H28N2O2S/c1-16-6-8-18(9-7-16)15-22(12-10-20(25)23-22)13-11-21(26)24(3)17(2)19-5-4-14-27-19/h4-9,14,17H,10-13,15H2,1-3H3,(H,23,25). The maximum atomic E-state index is 12.8. The zero-order valence-corrected chi connectivity index (χ0v) is 17.1. The summed E-state index contributed by atoms with van der Waals surface area (Å²) in [5, 5.41) is 5.21. The molecule has 2 amide bonds. The molecule has 4 nitrogen and oxygen atoms in total. The summed E-state index contributed by atoms with van der Waals surface area (Å²) in [6, 6.07) is 12.6. The average Bonchev–Trinajstić information content (AvgIpc) is 3.31. The van der Waals surface area contributed by atoms with Crippen molar-refractivity contribution in [3.8, 4) is 0 Å². The lowest BCUT2D eigenvalue weighted by atomic mass is 9.84. The molecular weight excluding hydrogens is 356 g/mol. The molecule has 2 aromatic rings. The van der Waals surface area contributed by atoms with Crippen molar-refractivity contribution >= 4 is 23.2 Å². The van der Waals surface area contributed by atoms with Gasteiger partial charge in [0.15, 0.2) is 0 Å². The second kappa shape index (κ2) is 8.26. The second-order valence-electron chi connectivity index (χ2n) is 7.69. The van der Waals surface area contributed by atoms with E-state index in [-0.39, 0.29) is 23.4 Å². The highest BCUT2D eigenvalue weighted by atomic mass is 32.1. The number of amides is 2. The van der Waals surface area contributed by atoms with Gasteiger partial charge in [0.2, 0.25) is 11.8 Å². The number of rotatable bonds is 7. The molecule has 1 aliphatic rings. The van der Waals surface area contributed by atoms with Crippen LogP contribution in [0, 0.1) is 6.92 Å². The van der Waals surface area contributed by atoms with Gasteiger partial charge in [-0.05, 0) is 50.1 Å². The summed E-state index contributed by atoms with van der Waals surface area (Å²) in [6.07, 6.45) is 3.22. The fourth-order valence-electron chi connectivity index (χ4n) is 3.74. The lowest BCUT2D eigenvalue weighted by molar-refractivity contribution is -0.132. The molecule has 1 aliphatic heterocycles. The molecule has 1 saturated heterocycles. The summed E-state index contributed by atoms with van der Waals surface area (Å²) >= 11 is 1.67. The Morgan fingerprint density at radius 1 is 1.30 bits per heavy atom. The van der Waals surface area contributed by atoms with E-state index in [1.807, 2.05) is 23.4 Å². The molecule has 1 aromatic heterocycles. The first-order valence-corrected chi connectivity index (χ1v) is 10.4. The largest absolute Gasteiger partial charge is 0.350 e. The van der Waals surface area contributed by atoms with Crippen LogP contribution >= 0.6 is 11.3 Å². The van der Waals surface area contributed by atoms with Crippen molar-refractivity contribution in [2.75, 3.05) is 7.05 Å². The van der Waals surface area contributed by atoms with Gasteiger partial charge in [-0.3, -0.25) is 9.59 Å². The van der Waals surface area contributed by atoms with Crippen molar-refractivity contribution in [1.82, 2.24) is 10.2 Å². The van der Waals surface area contributed by atoms with Gasteiger partial charge >= 0.3 is 0 Å². The molecule has 2 unspecified atom stereocenters. The Bertz CT molecular complexity index is 785. The van der Waals surface area contributed by atoms with Gasteiger partial charge in [0, 0.05) is 30.3 Å². The van der Waals surface area contributed by atoms with Crippen molar-refractivity contribution in [2.24, 2.45) is 0 Å². The van der Waals surface area contributed by atoms with Crippen molar-refractivity contribution in [2.45, 2.75) is 57.5 Å². The van der Waals surface area contributed by atoms with Crippen LogP contribution in [0.3, 0.4) is 0 Å². The normalized spacial score (nSPS) is 20.3. The molecule has 0 saturated carbocycles. The number of hydrogen-bond donors (Lipinski definition) is 1. The van der Waals surface area contributed by atoms with Gasteiger partial charge in [0.05, 0.1) is 6.04 Å². The SMILES string of the molecule is Cc1ccc(CC2(CCC(=O)N(C)C(C)c3cccs3)CCC(=O)N2)cc1. The molecule has 144 valence electrons. The van der Waals surface area contributed by atoms with Crippen LogP contribution in [-0.4, -0.2) is 29.3 Å². The fourth-order valence-corrected chi connectivity index (χ4v) is 4.56. The van der Waals surface area contributed by atoms with Crippen LogP contribution < -0.4 is 5.32 Å². The molecule has 5 heteroatoms. The van der Waals surface area contributed by atoms with Crippen LogP contribution in [0.1, 0.15) is 54.7 Å². The van der Waals surface area contributed by atoms with Crippen LogP contribution in [0.4, 0.5) is 0 Å². The van der Waals surface area contributed by atoms with Crippen molar-refractivity contribution in [3.05, 3.63) is 57.8 Å². The van der Waals surface area contributed by atoms with Crippen LogP contribution in [0.5, 0.6) is 0 Å². The highest BCUT2D eigenvalue weighted by Crippen LogP contribution is 2.31. The molecule has 1 fully saturated rings. The number of aryl methyl sites for hydroxylation is 1. The van der Waals surface area contributed by atoms with Crippen molar-refractivity contribution in [1.29, 1.82) is 0 Å². The van der Waals surface area contributed by atoms with E-state index in [2.05, 4.69) is 49.5 Å². The van der Waals surface area contributed by atoms with Crippen molar-refractivity contribution in [3.63, 3.8) is 0 Å². The number of nitrogens with zero attached hydrogens (tertiary/aromatic N) is 1. The Labute approximate surface area is 165 Å². The monoisotopic (exact) mass is 384 g/mol. The molecule has 3 rings (SSSR count). The van der Waals surface area contributed by atoms with E-state index in [1.165, 1.54) is 16.0 Å². The van der Waals surface area contributed by atoms with Crippen LogP contribution in [0.25, 0.3) is 0 Å². The van der Waals surface area contributed by atoms with E-state index in [0.29, 0.717) is 19.3 Å². The molecule has 1 aromatic carbocycles. The van der Waals surface area contributed by atoms with Gasteiger partial charge in [0.1, 0.15) is 0 Å². The third-order valence-electron chi connectivity index (χ3n) is 5.65. The Morgan fingerprint density at radius 2 is 2.04 bits per heavy atom. The summed E-state index contributed by atoms with van der Waals surface area (Å²) in [7, 11) is 1.87. The number of carbonyl (C=O) groups excluding carboxylic acids is 2. The lowest BCUT2D eigenvalue weighted by Gasteiger charge is -2.31. The number of carbonyl (C=O) groups is 2. The quantitative estimate of drug-likeness (QED) is 0.776. The third kappa shape index (κ3) is 4.78. The Balaban J connectivity index is 1.65. The van der Waals surface area contributed by atoms with E-state index in [4.69, 9.17) is 0 Å². The summed E-state index contributed by atoms with van der Waals surface area (Å²) in [6.45, 7) is 4.13. The fraction of sp³-hybridized carbons (Fsp3) is 0.455. The van der Waals surface area contributed by atoms with E-state index >= 15 is 0 Å². The molecule has 2 heterocycles. The zero-order chi connectivity index (χ0) is 19.4. The van der Waals surface area contributed by atoms with E-state index < -0.39 is 0 Å². The van der Waals surface area contributed by atoms with E-state index in [0.717, 1.165) is 12.8 Å². The van der Waals surface area contributed by atoms with Crippen LogP contribution in [0.15, 0.2) is 41.8 Å². The van der Waals surface area contributed by atoms with Gasteiger partial charge in [-0.2, -0.15) is 0 Å². The maximum absolute atomic E-state index is 12.8. The first-order chi connectivity index (χ1) is 12.9. The lowest BCUT2D eigenvalue weighted by Crippen LogP contribution is -2.44. The molecule has 1 N–H and O–H groups in total. The average molecular weight is 385 g/mol. The molecule has 0 spiro atoms. The third-order valence-corrected chi connectivity index (χ3v) is 6.69. The molecule has 0 aliphatic carbocycles. The minimum Gasteiger partial charge on any atom is -0.350 e. The number of nitrogens with one attached hydrogen (secondary N) is 1. The van der Waals surface area contributed by atoms with Crippen LogP contribution in [0.2, 0.25) is 0 Å². The molecule has 0 radical (unpaired) electrons. The minimum atomic E-state index is -0.311. The summed E-state index contributed by atoms with van der Waals surface area (Å²) < 4.78 is 0. The first-order valence-electron chi connectivity index (χ1n) is 9.54. The van der Waals surface area contributed by atoms with Gasteiger partial charge in [-0.25, -0.2) is 0 Å². The Morgan fingerprint density at radius 3 is 2.63 bits per heavy atom. The number of benzene rings is 1. The van der Waals surface area contributed by atoms with E-state index in [1.54, 1.807) is 11.3 Å². The first kappa shape index (κ1) is 19.6. The molecule has 2 atom stereocenters. The topological polar surface area (TPSA) is 49.4 Å². The Hall–Kier alpha value is -2.14. The minimum absolute atomic E-state index is 0.0729. The highest BCUT2D eigenvalue weighted by Gasteiger charge is 2.38. The smallest absolute Gasteiger partial charge is 0.222 e. The molecule has 0 bridgehead atoms. The number of hydrogen-bond acceptors (Lipinski definition) is 3. The van der Waals surface area contributed by atoms with Gasteiger partial charge < -0.3 is 10.2 Å². The summed E-state index contributed by atoms with van der Waals surface area (Å²) in [4.78, 5) is 27.7. The number of thiophene rings is 1. The molecular formula is C22H28N2O2S. The summed E-state index contributed by atoms with van der Waals surface area (Å²) in [5.41, 5.74) is 2.12. The summed E-state index contributed by atoms with van der Waals surface area (Å²) in [5.74, 6) is 0.218. The van der Waals surface area contributed by atoms with Gasteiger partial charge in [0.25, 0.3) is 0 Å².